The van der Waals surface area contributed by atoms with Crippen LogP contribution in [-0.2, 0) is 19.1 Å². The van der Waals surface area contributed by atoms with E-state index in [-0.39, 0.29) is 11.8 Å². The molecule has 0 aliphatic carbocycles. The number of thioether (sulfide) groups is 1. The molecule has 1 N–H and O–H groups in total. The Balaban J connectivity index is 2.11. The van der Waals surface area contributed by atoms with Crippen LogP contribution in [0.15, 0.2) is 24.3 Å². The SMILES string of the molecule is COC(=O)[C@@]1(CCSC)N[C@@H](c2ccc(C)cc2)[C@@H]2C(=O)N(C)C(=O)[C@H]21. The van der Waals surface area contributed by atoms with E-state index >= 15 is 0 Å². The summed E-state index contributed by atoms with van der Waals surface area (Å²) in [4.78, 5) is 39.7. The van der Waals surface area contributed by atoms with Crippen LogP contribution in [0.5, 0.6) is 0 Å². The van der Waals surface area contributed by atoms with Crippen molar-refractivity contribution in [3.8, 4) is 0 Å². The average molecular weight is 376 g/mol. The number of imide groups is 1. The molecule has 26 heavy (non-hydrogen) atoms. The quantitative estimate of drug-likeness (QED) is 0.621. The second-order valence-electron chi connectivity index (χ2n) is 6.98. The lowest BCUT2D eigenvalue weighted by Gasteiger charge is -2.32. The highest BCUT2D eigenvalue weighted by atomic mass is 32.2. The molecule has 7 heteroatoms. The monoisotopic (exact) mass is 376 g/mol. The standard InChI is InChI=1S/C19H24N2O4S/c1-11-5-7-12(8-6-11)15-13-14(17(23)21(2)16(13)22)19(20-15,9-10-26-4)18(24)25-3/h5-8,13-15,20H,9-10H2,1-4H3/t13-,14+,15+,19+/m1/s1. The van der Waals surface area contributed by atoms with Crippen LogP contribution in [0.4, 0.5) is 0 Å². The zero-order valence-corrected chi connectivity index (χ0v) is 16.3. The van der Waals surface area contributed by atoms with Gasteiger partial charge in [0, 0.05) is 13.1 Å². The Morgan fingerprint density at radius 2 is 1.92 bits per heavy atom. The maximum atomic E-state index is 12.9. The molecule has 140 valence electrons. The van der Waals surface area contributed by atoms with Gasteiger partial charge in [-0.1, -0.05) is 29.8 Å². The van der Waals surface area contributed by atoms with E-state index < -0.39 is 29.4 Å². The molecule has 0 spiro atoms. The van der Waals surface area contributed by atoms with Crippen molar-refractivity contribution in [3.05, 3.63) is 35.4 Å². The number of likely N-dealkylation sites (tertiary alicyclic amines) is 1. The molecule has 0 radical (unpaired) electrons. The highest BCUT2D eigenvalue weighted by molar-refractivity contribution is 7.98. The first-order valence-corrected chi connectivity index (χ1v) is 9.99. The molecular formula is C19H24N2O4S. The lowest BCUT2D eigenvalue weighted by atomic mass is 9.78. The predicted molar refractivity (Wildman–Crippen MR) is 99.6 cm³/mol. The minimum absolute atomic E-state index is 0.243. The van der Waals surface area contributed by atoms with Crippen LogP contribution >= 0.6 is 11.8 Å². The lowest BCUT2D eigenvalue weighted by molar-refractivity contribution is -0.154. The molecule has 0 bridgehead atoms. The zero-order chi connectivity index (χ0) is 19.1. The number of hydrogen-bond acceptors (Lipinski definition) is 6. The van der Waals surface area contributed by atoms with E-state index in [1.807, 2.05) is 37.4 Å². The second kappa shape index (κ2) is 7.04. The van der Waals surface area contributed by atoms with Gasteiger partial charge in [0.1, 0.15) is 5.54 Å². The predicted octanol–water partition coefficient (Wildman–Crippen LogP) is 1.54. The van der Waals surface area contributed by atoms with E-state index in [0.29, 0.717) is 12.2 Å². The van der Waals surface area contributed by atoms with Crippen LogP contribution in [0.3, 0.4) is 0 Å². The summed E-state index contributed by atoms with van der Waals surface area (Å²) in [5, 5.41) is 3.35. The Hall–Kier alpha value is -1.86. The van der Waals surface area contributed by atoms with Crippen molar-refractivity contribution in [2.45, 2.75) is 24.9 Å². The molecule has 0 saturated carbocycles. The summed E-state index contributed by atoms with van der Waals surface area (Å²) in [6.07, 6.45) is 2.37. The van der Waals surface area contributed by atoms with Gasteiger partial charge in [-0.15, -0.1) is 0 Å². The Kier molecular flexibility index (Phi) is 5.12. The van der Waals surface area contributed by atoms with Crippen LogP contribution in [0.25, 0.3) is 0 Å². The van der Waals surface area contributed by atoms with E-state index in [0.717, 1.165) is 16.0 Å². The minimum atomic E-state index is -1.19. The summed E-state index contributed by atoms with van der Waals surface area (Å²) in [5.41, 5.74) is 0.822. The molecule has 2 heterocycles. The number of aryl methyl sites for hydroxylation is 1. The van der Waals surface area contributed by atoms with Gasteiger partial charge in [0.25, 0.3) is 0 Å². The van der Waals surface area contributed by atoms with E-state index in [1.165, 1.54) is 14.2 Å². The summed E-state index contributed by atoms with van der Waals surface area (Å²) >= 11 is 1.59. The van der Waals surface area contributed by atoms with Gasteiger partial charge in [-0.05, 0) is 30.9 Å². The molecule has 4 atom stereocenters. The number of ether oxygens (including phenoxy) is 1. The summed E-state index contributed by atoms with van der Waals surface area (Å²) in [7, 11) is 2.82. The summed E-state index contributed by atoms with van der Waals surface area (Å²) in [6, 6.07) is 7.43. The highest BCUT2D eigenvalue weighted by Crippen LogP contribution is 2.50. The van der Waals surface area contributed by atoms with Crippen molar-refractivity contribution in [2.24, 2.45) is 11.8 Å². The molecule has 6 nitrogen and oxygen atoms in total. The fraction of sp³-hybridized carbons (Fsp3) is 0.526. The molecule has 1 aromatic rings. The third-order valence-corrected chi connectivity index (χ3v) is 6.17. The second-order valence-corrected chi connectivity index (χ2v) is 7.96. The van der Waals surface area contributed by atoms with Crippen molar-refractivity contribution >= 4 is 29.5 Å². The number of nitrogens with one attached hydrogen (secondary N) is 1. The number of esters is 1. The van der Waals surface area contributed by atoms with Crippen molar-refractivity contribution in [3.63, 3.8) is 0 Å². The van der Waals surface area contributed by atoms with Gasteiger partial charge in [0.2, 0.25) is 11.8 Å². The van der Waals surface area contributed by atoms with Crippen molar-refractivity contribution in [1.29, 1.82) is 0 Å². The van der Waals surface area contributed by atoms with Gasteiger partial charge in [0.05, 0.1) is 18.9 Å². The van der Waals surface area contributed by atoms with Gasteiger partial charge < -0.3 is 4.74 Å². The molecule has 1 aromatic carbocycles. The largest absolute Gasteiger partial charge is 0.468 e. The maximum absolute atomic E-state index is 12.9. The maximum Gasteiger partial charge on any atom is 0.326 e. The number of rotatable bonds is 5. The van der Waals surface area contributed by atoms with Gasteiger partial charge in [-0.3, -0.25) is 24.6 Å². The summed E-state index contributed by atoms with van der Waals surface area (Å²) in [6.45, 7) is 1.99. The Morgan fingerprint density at radius 3 is 2.50 bits per heavy atom. The third kappa shape index (κ3) is 2.74. The molecule has 0 unspecified atom stereocenters. The smallest absolute Gasteiger partial charge is 0.326 e. The average Bonchev–Trinajstić information content (AvgIpc) is 3.10. The number of benzene rings is 1. The first-order chi connectivity index (χ1) is 12.4. The Labute approximate surface area is 157 Å². The molecule has 2 aliphatic rings. The Morgan fingerprint density at radius 1 is 1.27 bits per heavy atom. The number of carbonyl (C=O) groups is 3. The van der Waals surface area contributed by atoms with Crippen molar-refractivity contribution < 1.29 is 19.1 Å². The van der Waals surface area contributed by atoms with Crippen LogP contribution in [-0.4, -0.2) is 54.4 Å². The van der Waals surface area contributed by atoms with Crippen LogP contribution in [0.2, 0.25) is 0 Å². The van der Waals surface area contributed by atoms with Crippen LogP contribution in [0, 0.1) is 18.8 Å². The highest BCUT2D eigenvalue weighted by Gasteiger charge is 2.67. The lowest BCUT2D eigenvalue weighted by Crippen LogP contribution is -2.56. The fourth-order valence-electron chi connectivity index (χ4n) is 4.17. The molecule has 0 aromatic heterocycles. The number of nitrogens with zero attached hydrogens (tertiary/aromatic N) is 1. The topological polar surface area (TPSA) is 75.7 Å². The third-order valence-electron chi connectivity index (χ3n) is 5.56. The normalized spacial score (nSPS) is 30.6. The first-order valence-electron chi connectivity index (χ1n) is 8.60. The minimum Gasteiger partial charge on any atom is -0.468 e. The van der Waals surface area contributed by atoms with E-state index in [9.17, 15) is 14.4 Å². The summed E-state index contributed by atoms with van der Waals surface area (Å²) in [5.74, 6) is -1.70. The Bertz CT molecular complexity index is 736. The van der Waals surface area contributed by atoms with Crippen molar-refractivity contribution in [1.82, 2.24) is 10.2 Å². The van der Waals surface area contributed by atoms with Crippen LogP contribution < -0.4 is 5.32 Å². The summed E-state index contributed by atoms with van der Waals surface area (Å²) < 4.78 is 5.07. The first kappa shape index (κ1) is 18.9. The fourth-order valence-corrected chi connectivity index (χ4v) is 4.70. The molecule has 2 aliphatic heterocycles. The van der Waals surface area contributed by atoms with Crippen molar-refractivity contribution in [2.75, 3.05) is 26.2 Å². The molecular weight excluding hydrogens is 352 g/mol. The molecule has 2 saturated heterocycles. The molecule has 3 rings (SSSR count). The number of hydrogen-bond donors (Lipinski definition) is 1. The van der Waals surface area contributed by atoms with Crippen LogP contribution in [0.1, 0.15) is 23.6 Å². The molecule has 2 amide bonds. The van der Waals surface area contributed by atoms with Gasteiger partial charge in [-0.2, -0.15) is 11.8 Å². The molecule has 2 fully saturated rings. The van der Waals surface area contributed by atoms with E-state index in [1.54, 1.807) is 11.8 Å². The van der Waals surface area contributed by atoms with Gasteiger partial charge >= 0.3 is 5.97 Å². The number of methoxy groups -OCH3 is 1. The number of amides is 2. The van der Waals surface area contributed by atoms with E-state index in [2.05, 4.69) is 5.32 Å². The van der Waals surface area contributed by atoms with Gasteiger partial charge in [-0.25, -0.2) is 0 Å². The zero-order valence-electron chi connectivity index (χ0n) is 15.4. The van der Waals surface area contributed by atoms with Gasteiger partial charge in [0.15, 0.2) is 0 Å². The number of carbonyl (C=O) groups excluding carboxylic acids is 3. The number of fused-ring (bicyclic) bond motifs is 1. The van der Waals surface area contributed by atoms with E-state index in [4.69, 9.17) is 4.74 Å².